The van der Waals surface area contributed by atoms with Crippen molar-refractivity contribution in [1.82, 2.24) is 10.6 Å². The fraction of sp³-hybridized carbons (Fsp3) is 0.800. The average Bonchev–Trinajstić information content (AvgIpc) is 2.31. The normalized spacial score (nSPS) is 36.2. The quantitative estimate of drug-likeness (QED) is 0.359. The highest BCUT2D eigenvalue weighted by Gasteiger charge is 2.46. The van der Waals surface area contributed by atoms with Crippen molar-refractivity contribution in [2.24, 2.45) is 0 Å². The van der Waals surface area contributed by atoms with E-state index < -0.39 is 36.6 Å². The topological polar surface area (TPSA) is 128 Å². The van der Waals surface area contributed by atoms with Crippen molar-refractivity contribution < 1.29 is 29.6 Å². The molecule has 104 valence electrons. The Morgan fingerprint density at radius 2 is 1.83 bits per heavy atom. The Bertz CT molecular complexity index is 323. The molecule has 8 heteroatoms. The number of Topliss-reactive ketones (excluding diaryl/α,β-unsaturated/α-hetero) is 1. The van der Waals surface area contributed by atoms with Crippen molar-refractivity contribution in [2.75, 3.05) is 13.6 Å². The summed E-state index contributed by atoms with van der Waals surface area (Å²) in [7, 11) is 1.47. The molecule has 0 aromatic carbocycles. The van der Waals surface area contributed by atoms with Gasteiger partial charge in [-0.1, -0.05) is 0 Å². The van der Waals surface area contributed by atoms with Crippen LogP contribution < -0.4 is 10.6 Å². The van der Waals surface area contributed by atoms with Crippen LogP contribution in [0.25, 0.3) is 0 Å². The van der Waals surface area contributed by atoms with Gasteiger partial charge in [0.1, 0.15) is 18.0 Å². The van der Waals surface area contributed by atoms with E-state index in [0.29, 0.717) is 0 Å². The molecule has 18 heavy (non-hydrogen) atoms. The van der Waals surface area contributed by atoms with Gasteiger partial charge in [-0.25, -0.2) is 0 Å². The van der Waals surface area contributed by atoms with E-state index >= 15 is 0 Å². The maximum Gasteiger partial charge on any atom is 0.252 e. The SMILES string of the molecule is CN[C@@H]1[C@H](O)[C@@H](C(=O)NCC(C)=O)OC(O)[C@@H]1O. The number of carbonyl (C=O) groups is 2. The van der Waals surface area contributed by atoms with Crippen molar-refractivity contribution in [2.45, 2.75) is 37.6 Å². The van der Waals surface area contributed by atoms with Gasteiger partial charge >= 0.3 is 0 Å². The molecule has 0 aliphatic carbocycles. The lowest BCUT2D eigenvalue weighted by molar-refractivity contribution is -0.251. The number of hydrogen-bond acceptors (Lipinski definition) is 7. The van der Waals surface area contributed by atoms with E-state index in [1.54, 1.807) is 0 Å². The molecule has 0 saturated carbocycles. The van der Waals surface area contributed by atoms with Crippen LogP contribution in [-0.4, -0.2) is 71.2 Å². The minimum absolute atomic E-state index is 0.186. The van der Waals surface area contributed by atoms with Gasteiger partial charge in [-0.2, -0.15) is 0 Å². The maximum absolute atomic E-state index is 11.7. The van der Waals surface area contributed by atoms with Gasteiger partial charge in [-0.15, -0.1) is 0 Å². The first-order chi connectivity index (χ1) is 8.38. The number of amides is 1. The maximum atomic E-state index is 11.7. The summed E-state index contributed by atoms with van der Waals surface area (Å²) >= 11 is 0. The van der Waals surface area contributed by atoms with Gasteiger partial charge in [0, 0.05) is 0 Å². The van der Waals surface area contributed by atoms with Crippen molar-refractivity contribution in [3.05, 3.63) is 0 Å². The number of ether oxygens (including phenoxy) is 1. The Labute approximate surface area is 104 Å². The zero-order chi connectivity index (χ0) is 13.9. The molecule has 5 N–H and O–H groups in total. The van der Waals surface area contributed by atoms with Gasteiger partial charge in [0.2, 0.25) is 0 Å². The van der Waals surface area contributed by atoms with Crippen LogP contribution in [-0.2, 0) is 14.3 Å². The van der Waals surface area contributed by atoms with Crippen LogP contribution in [0.3, 0.4) is 0 Å². The predicted molar refractivity (Wildman–Crippen MR) is 59.4 cm³/mol. The third-order valence-corrected chi connectivity index (χ3v) is 2.73. The molecule has 0 aromatic heterocycles. The van der Waals surface area contributed by atoms with Gasteiger partial charge in [-0.05, 0) is 14.0 Å². The molecule has 1 heterocycles. The Hall–Kier alpha value is -1.06. The summed E-state index contributed by atoms with van der Waals surface area (Å²) in [4.78, 5) is 22.4. The molecule has 0 spiro atoms. The molecule has 0 bridgehead atoms. The largest absolute Gasteiger partial charge is 0.388 e. The van der Waals surface area contributed by atoms with E-state index in [-0.39, 0.29) is 12.3 Å². The van der Waals surface area contributed by atoms with Gasteiger partial charge < -0.3 is 30.7 Å². The number of likely N-dealkylation sites (N-methyl/N-ethyl adjacent to an activating group) is 1. The van der Waals surface area contributed by atoms with Crippen LogP contribution in [0.15, 0.2) is 0 Å². The lowest BCUT2D eigenvalue weighted by Crippen LogP contribution is -2.65. The molecule has 1 aliphatic rings. The van der Waals surface area contributed by atoms with E-state index in [0.717, 1.165) is 0 Å². The van der Waals surface area contributed by atoms with Crippen LogP contribution in [0.2, 0.25) is 0 Å². The highest BCUT2D eigenvalue weighted by Crippen LogP contribution is 2.19. The Kier molecular flexibility index (Phi) is 5.17. The van der Waals surface area contributed by atoms with Crippen molar-refractivity contribution >= 4 is 11.7 Å². The summed E-state index contributed by atoms with van der Waals surface area (Å²) in [6.07, 6.45) is -5.61. The molecule has 1 rings (SSSR count). The van der Waals surface area contributed by atoms with Crippen LogP contribution in [0, 0.1) is 0 Å². The smallest absolute Gasteiger partial charge is 0.252 e. The van der Waals surface area contributed by atoms with E-state index in [1.807, 2.05) is 0 Å². The molecular weight excluding hydrogens is 244 g/mol. The molecule has 1 saturated heterocycles. The number of carbonyl (C=O) groups excluding carboxylic acids is 2. The molecule has 0 radical (unpaired) electrons. The second kappa shape index (κ2) is 6.21. The summed E-state index contributed by atoms with van der Waals surface area (Å²) in [6, 6.07) is -0.901. The summed E-state index contributed by atoms with van der Waals surface area (Å²) < 4.78 is 4.83. The minimum Gasteiger partial charge on any atom is -0.388 e. The summed E-state index contributed by atoms with van der Waals surface area (Å²) in [5.41, 5.74) is 0. The Morgan fingerprint density at radius 3 is 2.33 bits per heavy atom. The first-order valence-electron chi connectivity index (χ1n) is 5.52. The Morgan fingerprint density at radius 1 is 1.22 bits per heavy atom. The van der Waals surface area contributed by atoms with Gasteiger partial charge in [0.05, 0.1) is 12.6 Å². The molecule has 1 amide bonds. The lowest BCUT2D eigenvalue weighted by Gasteiger charge is -2.39. The zero-order valence-electron chi connectivity index (χ0n) is 10.2. The second-order valence-corrected chi connectivity index (χ2v) is 4.16. The number of rotatable bonds is 4. The molecule has 1 aliphatic heterocycles. The molecular formula is C10H18N2O6. The van der Waals surface area contributed by atoms with Gasteiger partial charge in [-0.3, -0.25) is 9.59 Å². The first-order valence-corrected chi connectivity index (χ1v) is 5.52. The number of aliphatic hydroxyl groups excluding tert-OH is 3. The molecule has 5 atom stereocenters. The lowest BCUT2D eigenvalue weighted by atomic mass is 9.95. The summed E-state index contributed by atoms with van der Waals surface area (Å²) in [5, 5.41) is 33.7. The third-order valence-electron chi connectivity index (χ3n) is 2.73. The van der Waals surface area contributed by atoms with Crippen molar-refractivity contribution in [3.63, 3.8) is 0 Å². The molecule has 1 unspecified atom stereocenters. The number of ketones is 1. The summed E-state index contributed by atoms with van der Waals surface area (Å²) in [6.45, 7) is 1.11. The highest BCUT2D eigenvalue weighted by atomic mass is 16.6. The fourth-order valence-electron chi connectivity index (χ4n) is 1.75. The molecule has 0 aromatic rings. The van der Waals surface area contributed by atoms with Gasteiger partial charge in [0.25, 0.3) is 5.91 Å². The summed E-state index contributed by atoms with van der Waals surface area (Å²) in [5.74, 6) is -0.969. The van der Waals surface area contributed by atoms with Crippen molar-refractivity contribution in [3.8, 4) is 0 Å². The van der Waals surface area contributed by atoms with Crippen LogP contribution in [0.1, 0.15) is 6.92 Å². The third kappa shape index (κ3) is 3.24. The van der Waals surface area contributed by atoms with Crippen LogP contribution in [0.5, 0.6) is 0 Å². The van der Waals surface area contributed by atoms with E-state index in [4.69, 9.17) is 4.74 Å². The first kappa shape index (κ1) is 15.0. The number of aliphatic hydroxyl groups is 3. The standard InChI is InChI=1S/C10H18N2O6/c1-4(13)3-12-9(16)8-6(14)5(11-2)7(15)10(17)18-8/h5-8,10-11,14-15,17H,3H2,1-2H3,(H,12,16)/t5-,6+,7-,8+,10?/m1/s1. The van der Waals surface area contributed by atoms with Gasteiger partial charge in [0.15, 0.2) is 12.4 Å². The molecule has 1 fully saturated rings. The van der Waals surface area contributed by atoms with Crippen LogP contribution in [0.4, 0.5) is 0 Å². The Balaban J connectivity index is 2.70. The monoisotopic (exact) mass is 262 g/mol. The second-order valence-electron chi connectivity index (χ2n) is 4.16. The highest BCUT2D eigenvalue weighted by molar-refractivity contribution is 5.87. The van der Waals surface area contributed by atoms with E-state index in [9.17, 15) is 24.9 Å². The fourth-order valence-corrected chi connectivity index (χ4v) is 1.75. The predicted octanol–water partition coefficient (Wildman–Crippen LogP) is -3.28. The number of hydrogen-bond donors (Lipinski definition) is 5. The van der Waals surface area contributed by atoms with Crippen molar-refractivity contribution in [1.29, 1.82) is 0 Å². The van der Waals surface area contributed by atoms with Crippen LogP contribution >= 0.6 is 0 Å². The average molecular weight is 262 g/mol. The minimum atomic E-state index is -1.58. The van der Waals surface area contributed by atoms with E-state index in [2.05, 4.69) is 10.6 Å². The zero-order valence-corrected chi connectivity index (χ0v) is 10.2. The number of nitrogens with one attached hydrogen (secondary N) is 2. The molecule has 8 nitrogen and oxygen atoms in total. The van der Waals surface area contributed by atoms with E-state index in [1.165, 1.54) is 14.0 Å².